The molecule has 26 heavy (non-hydrogen) atoms. The molecule has 0 aromatic rings. The number of hydrogen-bond donors (Lipinski definition) is 1. The van der Waals surface area contributed by atoms with Crippen molar-refractivity contribution >= 4 is 5.97 Å². The number of rotatable bonds is 11. The van der Waals surface area contributed by atoms with Crippen LogP contribution in [-0.2, 0) is 14.6 Å². The second kappa shape index (κ2) is 11.6. The van der Waals surface area contributed by atoms with Gasteiger partial charge in [0.25, 0.3) is 0 Å². The highest BCUT2D eigenvalue weighted by Crippen LogP contribution is 2.39. The molecule has 1 fully saturated rings. The molecule has 150 valence electrons. The molecule has 4 nitrogen and oxygen atoms in total. The molecule has 4 heteroatoms. The molecule has 0 aliphatic carbocycles. The highest BCUT2D eigenvalue weighted by atomic mass is 17.2. The summed E-state index contributed by atoms with van der Waals surface area (Å²) in [6.07, 6.45) is 13.3. The first-order valence-corrected chi connectivity index (χ1v) is 10.4. The van der Waals surface area contributed by atoms with Crippen LogP contribution in [0.3, 0.4) is 0 Å². The Bertz CT molecular complexity index is 483. The SMILES string of the molecule is CC/C=C/C(CC)C/C(=C/C1(CC)CC(CC)C(CC(=O)O)OO1)CC. The Morgan fingerprint density at radius 2 is 2.00 bits per heavy atom. The summed E-state index contributed by atoms with van der Waals surface area (Å²) in [4.78, 5) is 22.5. The van der Waals surface area contributed by atoms with Gasteiger partial charge in [0.1, 0.15) is 11.7 Å². The smallest absolute Gasteiger partial charge is 0.306 e. The minimum Gasteiger partial charge on any atom is -0.481 e. The Morgan fingerprint density at radius 3 is 2.50 bits per heavy atom. The largest absolute Gasteiger partial charge is 0.481 e. The van der Waals surface area contributed by atoms with Crippen molar-refractivity contribution in [3.05, 3.63) is 23.8 Å². The van der Waals surface area contributed by atoms with E-state index in [9.17, 15) is 4.79 Å². The van der Waals surface area contributed by atoms with Crippen molar-refractivity contribution in [2.24, 2.45) is 11.8 Å². The lowest BCUT2D eigenvalue weighted by atomic mass is 9.80. The van der Waals surface area contributed by atoms with Gasteiger partial charge in [-0.15, -0.1) is 0 Å². The van der Waals surface area contributed by atoms with Gasteiger partial charge in [0.05, 0.1) is 6.42 Å². The van der Waals surface area contributed by atoms with Crippen LogP contribution in [0.25, 0.3) is 0 Å². The fraction of sp³-hybridized carbons (Fsp3) is 0.773. The fourth-order valence-electron chi connectivity index (χ4n) is 3.70. The molecule has 0 saturated carbocycles. The van der Waals surface area contributed by atoms with E-state index in [4.69, 9.17) is 14.9 Å². The second-order valence-electron chi connectivity index (χ2n) is 7.47. The van der Waals surface area contributed by atoms with E-state index in [-0.39, 0.29) is 18.4 Å². The quantitative estimate of drug-likeness (QED) is 0.356. The summed E-state index contributed by atoms with van der Waals surface area (Å²) in [7, 11) is 0. The number of carbonyl (C=O) groups is 1. The van der Waals surface area contributed by atoms with Crippen molar-refractivity contribution in [1.82, 2.24) is 0 Å². The lowest BCUT2D eigenvalue weighted by Gasteiger charge is -2.41. The summed E-state index contributed by atoms with van der Waals surface area (Å²) in [6.45, 7) is 10.8. The van der Waals surface area contributed by atoms with Gasteiger partial charge >= 0.3 is 5.97 Å². The van der Waals surface area contributed by atoms with Crippen LogP contribution in [0.5, 0.6) is 0 Å². The van der Waals surface area contributed by atoms with Crippen molar-refractivity contribution in [2.45, 2.75) is 97.7 Å². The number of carboxylic acids is 1. The maximum absolute atomic E-state index is 11.1. The van der Waals surface area contributed by atoms with Crippen molar-refractivity contribution in [1.29, 1.82) is 0 Å². The first kappa shape index (κ1) is 22.9. The Morgan fingerprint density at radius 1 is 1.27 bits per heavy atom. The van der Waals surface area contributed by atoms with E-state index < -0.39 is 11.6 Å². The van der Waals surface area contributed by atoms with Crippen LogP contribution in [0.1, 0.15) is 86.0 Å². The van der Waals surface area contributed by atoms with Gasteiger partial charge in [-0.1, -0.05) is 64.8 Å². The molecule has 0 aromatic carbocycles. The summed E-state index contributed by atoms with van der Waals surface area (Å²) >= 11 is 0. The lowest BCUT2D eigenvalue weighted by Crippen LogP contribution is -2.44. The van der Waals surface area contributed by atoms with Gasteiger partial charge in [0, 0.05) is 0 Å². The third-order valence-corrected chi connectivity index (χ3v) is 5.58. The molecule has 4 atom stereocenters. The molecule has 0 spiro atoms. The number of allylic oxidation sites excluding steroid dienone is 3. The Hall–Kier alpha value is -1.13. The zero-order valence-corrected chi connectivity index (χ0v) is 17.3. The average Bonchev–Trinajstić information content (AvgIpc) is 2.65. The average molecular weight is 367 g/mol. The van der Waals surface area contributed by atoms with E-state index in [1.54, 1.807) is 0 Å². The van der Waals surface area contributed by atoms with Crippen LogP contribution >= 0.6 is 0 Å². The molecule has 1 aliphatic rings. The highest BCUT2D eigenvalue weighted by molar-refractivity contribution is 5.67. The van der Waals surface area contributed by atoms with Crippen molar-refractivity contribution in [3.8, 4) is 0 Å². The molecule has 0 aromatic heterocycles. The maximum atomic E-state index is 11.1. The topological polar surface area (TPSA) is 55.8 Å². The minimum absolute atomic E-state index is 0.00235. The third-order valence-electron chi connectivity index (χ3n) is 5.58. The van der Waals surface area contributed by atoms with Crippen LogP contribution in [0.4, 0.5) is 0 Å². The molecular weight excluding hydrogens is 328 g/mol. The molecule has 0 radical (unpaired) electrons. The number of aliphatic carboxylic acids is 1. The van der Waals surface area contributed by atoms with Gasteiger partial charge in [-0.3, -0.25) is 4.79 Å². The zero-order chi connectivity index (χ0) is 19.6. The Balaban J connectivity index is 2.94. The lowest BCUT2D eigenvalue weighted by molar-refractivity contribution is -0.409. The normalized spacial score (nSPS) is 28.4. The third kappa shape index (κ3) is 6.88. The molecule has 4 unspecified atom stereocenters. The van der Waals surface area contributed by atoms with Crippen LogP contribution in [0, 0.1) is 11.8 Å². The maximum Gasteiger partial charge on any atom is 0.306 e. The molecule has 0 bridgehead atoms. The standard InChI is InChI=1S/C22H38O4/c1-6-11-12-17(7-2)13-18(8-3)15-22(10-5)16-19(9-4)20(25-26-22)14-21(23)24/h11-12,15,17,19-20H,6-10,13-14,16H2,1-5H3,(H,23,24)/b12-11+,18-15+. The van der Waals surface area contributed by atoms with Gasteiger partial charge in [-0.2, -0.15) is 0 Å². The van der Waals surface area contributed by atoms with Gasteiger partial charge in [0.15, 0.2) is 0 Å². The van der Waals surface area contributed by atoms with E-state index in [1.165, 1.54) is 5.57 Å². The van der Waals surface area contributed by atoms with Crippen molar-refractivity contribution in [3.63, 3.8) is 0 Å². The first-order chi connectivity index (χ1) is 12.4. The molecule has 1 saturated heterocycles. The van der Waals surface area contributed by atoms with E-state index in [0.717, 1.165) is 44.9 Å². The predicted octanol–water partition coefficient (Wildman–Crippen LogP) is 6.08. The fourth-order valence-corrected chi connectivity index (χ4v) is 3.70. The van der Waals surface area contributed by atoms with Crippen molar-refractivity contribution < 1.29 is 19.7 Å². The molecule has 1 aliphatic heterocycles. The van der Waals surface area contributed by atoms with E-state index in [2.05, 4.69) is 52.8 Å². The zero-order valence-electron chi connectivity index (χ0n) is 17.3. The number of carboxylic acid groups (broad SMARTS) is 1. The van der Waals surface area contributed by atoms with Gasteiger partial charge in [-0.05, 0) is 50.4 Å². The van der Waals surface area contributed by atoms with Crippen LogP contribution in [-0.4, -0.2) is 22.8 Å². The second-order valence-corrected chi connectivity index (χ2v) is 7.47. The van der Waals surface area contributed by atoms with Gasteiger partial charge in [-0.25, -0.2) is 9.78 Å². The minimum atomic E-state index is -0.834. The predicted molar refractivity (Wildman–Crippen MR) is 106 cm³/mol. The van der Waals surface area contributed by atoms with Crippen LogP contribution in [0.15, 0.2) is 23.8 Å². The summed E-state index contributed by atoms with van der Waals surface area (Å²) in [5.74, 6) is -0.0725. The van der Waals surface area contributed by atoms with E-state index >= 15 is 0 Å². The van der Waals surface area contributed by atoms with Crippen molar-refractivity contribution in [2.75, 3.05) is 0 Å². The summed E-state index contributed by atoms with van der Waals surface area (Å²) in [5, 5.41) is 9.09. The summed E-state index contributed by atoms with van der Waals surface area (Å²) in [5.41, 5.74) is 0.961. The number of hydrogen-bond acceptors (Lipinski definition) is 3. The molecule has 0 amide bonds. The Kier molecular flexibility index (Phi) is 10.2. The molecular formula is C22H38O4. The van der Waals surface area contributed by atoms with Crippen LogP contribution in [0.2, 0.25) is 0 Å². The monoisotopic (exact) mass is 366 g/mol. The van der Waals surface area contributed by atoms with Gasteiger partial charge < -0.3 is 5.11 Å². The Labute approximate surface area is 159 Å². The van der Waals surface area contributed by atoms with Crippen LogP contribution < -0.4 is 0 Å². The molecule has 1 heterocycles. The molecule has 1 rings (SSSR count). The van der Waals surface area contributed by atoms with E-state index in [1.807, 2.05) is 0 Å². The highest BCUT2D eigenvalue weighted by Gasteiger charge is 2.41. The molecule has 1 N–H and O–H groups in total. The van der Waals surface area contributed by atoms with Gasteiger partial charge in [0.2, 0.25) is 0 Å². The van der Waals surface area contributed by atoms with E-state index in [0.29, 0.717) is 5.92 Å². The first-order valence-electron chi connectivity index (χ1n) is 10.4. The summed E-state index contributed by atoms with van der Waals surface area (Å²) in [6, 6.07) is 0. The summed E-state index contributed by atoms with van der Waals surface area (Å²) < 4.78 is 0.